The van der Waals surface area contributed by atoms with Crippen molar-refractivity contribution in [2.24, 2.45) is 0 Å². The molecule has 0 saturated carbocycles. The van der Waals surface area contributed by atoms with Gasteiger partial charge < -0.3 is 4.90 Å². The molecule has 0 spiro atoms. The predicted molar refractivity (Wildman–Crippen MR) is 133 cm³/mol. The van der Waals surface area contributed by atoms with Gasteiger partial charge in [-0.2, -0.15) is 0 Å². The summed E-state index contributed by atoms with van der Waals surface area (Å²) in [5.74, 6) is 0. The molecule has 152 valence electrons. The molecule has 4 aromatic rings. The van der Waals surface area contributed by atoms with Crippen molar-refractivity contribution in [1.29, 1.82) is 0 Å². The van der Waals surface area contributed by atoms with Crippen LogP contribution in [-0.4, -0.2) is 0 Å². The summed E-state index contributed by atoms with van der Waals surface area (Å²) in [4.78, 5) is 2.28. The molecule has 0 atom stereocenters. The molecule has 4 rings (SSSR count). The first-order valence-electron chi connectivity index (χ1n) is 10.8. The maximum atomic E-state index is 2.28. The number of para-hydroxylation sites is 2. The van der Waals surface area contributed by atoms with E-state index in [-0.39, 0.29) is 0 Å². The molecule has 0 amide bonds. The van der Waals surface area contributed by atoms with E-state index in [4.69, 9.17) is 0 Å². The first-order chi connectivity index (χ1) is 14.4. The Labute approximate surface area is 177 Å². The van der Waals surface area contributed by atoms with Crippen LogP contribution < -0.4 is 4.90 Å². The lowest BCUT2D eigenvalue weighted by atomic mass is 10.1. The molecule has 1 nitrogen and oxygen atoms in total. The van der Waals surface area contributed by atoms with Crippen molar-refractivity contribution in [1.82, 2.24) is 0 Å². The Hall–Kier alpha value is -3.06. The third-order valence-electron chi connectivity index (χ3n) is 4.02. The summed E-state index contributed by atoms with van der Waals surface area (Å²) in [6.45, 7) is 12.0. The van der Waals surface area contributed by atoms with Crippen molar-refractivity contribution in [3.05, 3.63) is 103 Å². The van der Waals surface area contributed by atoms with Gasteiger partial charge in [-0.3, -0.25) is 0 Å². The summed E-state index contributed by atoms with van der Waals surface area (Å²) >= 11 is 0. The van der Waals surface area contributed by atoms with Crippen molar-refractivity contribution >= 4 is 27.8 Å². The number of nitrogens with zero attached hydrogens (tertiary/aromatic N) is 1. The van der Waals surface area contributed by atoms with E-state index in [1.54, 1.807) is 0 Å². The summed E-state index contributed by atoms with van der Waals surface area (Å²) in [6, 6.07) is 36.0. The minimum absolute atomic E-state index is 1.16. The van der Waals surface area contributed by atoms with Gasteiger partial charge in [0, 0.05) is 17.1 Å². The number of anilines is 3. The zero-order chi connectivity index (χ0) is 21.5. The molecule has 29 heavy (non-hydrogen) atoms. The average Bonchev–Trinajstić information content (AvgIpc) is 2.84. The van der Waals surface area contributed by atoms with Crippen LogP contribution in [0.5, 0.6) is 0 Å². The highest BCUT2D eigenvalue weighted by molar-refractivity contribution is 5.89. The zero-order valence-electron chi connectivity index (χ0n) is 18.8. The second-order valence-electron chi connectivity index (χ2n) is 5.54. The Balaban J connectivity index is 0.000000644. The minimum atomic E-state index is 1.16. The maximum absolute atomic E-state index is 2.28. The molecular weight excluding hydrogens is 350 g/mol. The van der Waals surface area contributed by atoms with Crippen LogP contribution in [0.25, 0.3) is 10.8 Å². The van der Waals surface area contributed by atoms with Gasteiger partial charge in [0.25, 0.3) is 0 Å². The minimum Gasteiger partial charge on any atom is -0.310 e. The van der Waals surface area contributed by atoms with Crippen LogP contribution in [0.2, 0.25) is 0 Å². The molecule has 0 aliphatic rings. The number of hydrogen-bond acceptors (Lipinski definition) is 1. The number of rotatable bonds is 3. The summed E-state index contributed by atoms with van der Waals surface area (Å²) < 4.78 is 0. The fraction of sp³-hybridized carbons (Fsp3) is 0.214. The number of benzene rings is 4. The largest absolute Gasteiger partial charge is 0.310 e. The lowest BCUT2D eigenvalue weighted by Crippen LogP contribution is -2.09. The van der Waals surface area contributed by atoms with Gasteiger partial charge in [0.15, 0.2) is 0 Å². The van der Waals surface area contributed by atoms with Crippen molar-refractivity contribution in [3.63, 3.8) is 0 Å². The van der Waals surface area contributed by atoms with Crippen LogP contribution in [0, 0.1) is 0 Å². The van der Waals surface area contributed by atoms with Gasteiger partial charge >= 0.3 is 0 Å². The summed E-state index contributed by atoms with van der Waals surface area (Å²) in [5.41, 5.74) is 3.49. The lowest BCUT2D eigenvalue weighted by Gasteiger charge is -2.25. The van der Waals surface area contributed by atoms with Crippen molar-refractivity contribution in [3.8, 4) is 0 Å². The third kappa shape index (κ3) is 6.50. The van der Waals surface area contributed by atoms with Crippen LogP contribution in [0.4, 0.5) is 17.1 Å². The molecule has 0 aliphatic carbocycles. The molecule has 0 N–H and O–H groups in total. The first kappa shape index (κ1) is 24.0. The Morgan fingerprint density at radius 2 is 0.793 bits per heavy atom. The molecule has 0 bridgehead atoms. The van der Waals surface area contributed by atoms with Crippen LogP contribution in [-0.2, 0) is 0 Å². The van der Waals surface area contributed by atoms with Crippen LogP contribution in [0.1, 0.15) is 41.5 Å². The highest BCUT2D eigenvalue weighted by Crippen LogP contribution is 2.35. The second-order valence-corrected chi connectivity index (χ2v) is 5.54. The standard InChI is InChI=1S/C22H17N.3C2H6/c1-3-11-20(12-4-1)23(21-13-5-2-6-14-21)22-16-15-18-9-7-8-10-19(18)17-22;3*1-2/h1-17H;3*1-2H3. The van der Waals surface area contributed by atoms with E-state index in [0.29, 0.717) is 0 Å². The monoisotopic (exact) mass is 385 g/mol. The topological polar surface area (TPSA) is 3.24 Å². The normalized spacial score (nSPS) is 9.03. The molecule has 0 aromatic heterocycles. The smallest absolute Gasteiger partial charge is 0.0468 e. The van der Waals surface area contributed by atoms with Gasteiger partial charge in [0.1, 0.15) is 0 Å². The quantitative estimate of drug-likeness (QED) is 0.339. The van der Waals surface area contributed by atoms with E-state index < -0.39 is 0 Å². The molecule has 0 radical (unpaired) electrons. The van der Waals surface area contributed by atoms with Crippen molar-refractivity contribution in [2.45, 2.75) is 41.5 Å². The van der Waals surface area contributed by atoms with Crippen LogP contribution in [0.15, 0.2) is 103 Å². The van der Waals surface area contributed by atoms with E-state index in [1.165, 1.54) is 16.5 Å². The Bertz CT molecular complexity index is 875. The molecule has 0 saturated heterocycles. The highest BCUT2D eigenvalue weighted by Gasteiger charge is 2.11. The fourth-order valence-electron chi connectivity index (χ4n) is 2.92. The summed E-state index contributed by atoms with van der Waals surface area (Å²) in [6.07, 6.45) is 0. The van der Waals surface area contributed by atoms with Gasteiger partial charge in [0.2, 0.25) is 0 Å². The van der Waals surface area contributed by atoms with Crippen LogP contribution >= 0.6 is 0 Å². The second kappa shape index (κ2) is 14.0. The lowest BCUT2D eigenvalue weighted by molar-refractivity contribution is 1.29. The molecule has 0 aliphatic heterocycles. The Kier molecular flexibility index (Phi) is 11.6. The van der Waals surface area contributed by atoms with Crippen molar-refractivity contribution in [2.75, 3.05) is 4.90 Å². The molecule has 1 heteroatoms. The van der Waals surface area contributed by atoms with E-state index >= 15 is 0 Å². The van der Waals surface area contributed by atoms with Gasteiger partial charge in [0.05, 0.1) is 0 Å². The Morgan fingerprint density at radius 1 is 0.379 bits per heavy atom. The maximum Gasteiger partial charge on any atom is 0.0468 e. The van der Waals surface area contributed by atoms with Gasteiger partial charge in [-0.25, -0.2) is 0 Å². The van der Waals surface area contributed by atoms with Crippen LogP contribution in [0.3, 0.4) is 0 Å². The molecule has 0 fully saturated rings. The van der Waals surface area contributed by atoms with Gasteiger partial charge in [-0.05, 0) is 47.2 Å². The number of fused-ring (bicyclic) bond motifs is 1. The average molecular weight is 386 g/mol. The molecule has 4 aromatic carbocycles. The molecule has 0 unspecified atom stereocenters. The van der Waals surface area contributed by atoms with Gasteiger partial charge in [-0.1, -0.05) is 108 Å². The SMILES string of the molecule is CC.CC.CC.c1ccc(N(c2ccccc2)c2ccc3ccccc3c2)cc1. The zero-order valence-corrected chi connectivity index (χ0v) is 18.8. The Morgan fingerprint density at radius 3 is 1.28 bits per heavy atom. The number of hydrogen-bond donors (Lipinski definition) is 0. The van der Waals surface area contributed by atoms with Crippen molar-refractivity contribution < 1.29 is 0 Å². The fourth-order valence-corrected chi connectivity index (χ4v) is 2.92. The highest BCUT2D eigenvalue weighted by atomic mass is 15.1. The van der Waals surface area contributed by atoms with E-state index in [0.717, 1.165) is 11.4 Å². The summed E-state index contributed by atoms with van der Waals surface area (Å²) in [5, 5.41) is 2.51. The predicted octanol–water partition coefficient (Wildman–Crippen LogP) is 9.39. The third-order valence-corrected chi connectivity index (χ3v) is 4.02. The van der Waals surface area contributed by atoms with E-state index in [1.807, 2.05) is 53.7 Å². The summed E-state index contributed by atoms with van der Waals surface area (Å²) in [7, 11) is 0. The van der Waals surface area contributed by atoms with E-state index in [9.17, 15) is 0 Å². The molecular formula is C28H35N. The first-order valence-corrected chi connectivity index (χ1v) is 10.8. The van der Waals surface area contributed by atoms with Gasteiger partial charge in [-0.15, -0.1) is 0 Å². The van der Waals surface area contributed by atoms with E-state index in [2.05, 4.69) is 95.9 Å². The molecule has 0 heterocycles.